The highest BCUT2D eigenvalue weighted by Crippen LogP contribution is 2.24. The van der Waals surface area contributed by atoms with E-state index in [2.05, 4.69) is 10.4 Å². The average molecular weight is 256 g/mol. The number of nitrogens with zero attached hydrogens (tertiary/aromatic N) is 2. The first kappa shape index (κ1) is 11.3. The first-order valence-corrected chi connectivity index (χ1v) is 5.59. The van der Waals surface area contributed by atoms with Crippen LogP contribution in [0.15, 0.2) is 30.5 Å². The molecule has 0 aliphatic heterocycles. The Morgan fingerprint density at radius 2 is 1.94 bits per heavy atom. The van der Waals surface area contributed by atoms with Gasteiger partial charge in [-0.25, -0.2) is 0 Å². The number of hydrogen-bond acceptors (Lipinski definition) is 2. The van der Waals surface area contributed by atoms with Crippen molar-refractivity contribution in [2.24, 2.45) is 7.05 Å². The third kappa shape index (κ3) is 2.31. The van der Waals surface area contributed by atoms with Gasteiger partial charge in [0.2, 0.25) is 0 Å². The maximum absolute atomic E-state index is 6.06. The molecule has 1 aromatic heterocycles. The second-order valence-corrected chi connectivity index (χ2v) is 4.21. The monoisotopic (exact) mass is 255 g/mol. The zero-order valence-electron chi connectivity index (χ0n) is 8.74. The van der Waals surface area contributed by atoms with Gasteiger partial charge in [-0.15, -0.1) is 0 Å². The van der Waals surface area contributed by atoms with Crippen molar-refractivity contribution in [3.05, 3.63) is 46.1 Å². The minimum Gasteiger partial charge on any atom is -0.366 e. The molecule has 1 heterocycles. The lowest BCUT2D eigenvalue weighted by Crippen LogP contribution is -2.05. The van der Waals surface area contributed by atoms with E-state index >= 15 is 0 Å². The predicted molar refractivity (Wildman–Crippen MR) is 67.0 cm³/mol. The molecule has 0 aliphatic rings. The van der Waals surface area contributed by atoms with Gasteiger partial charge in [-0.05, 0) is 12.1 Å². The first-order chi connectivity index (χ1) is 7.68. The van der Waals surface area contributed by atoms with Crippen LogP contribution in [-0.2, 0) is 13.6 Å². The molecular formula is C11H11Cl2N3. The summed E-state index contributed by atoms with van der Waals surface area (Å²) in [7, 11) is 1.87. The minimum absolute atomic E-state index is 0.581. The van der Waals surface area contributed by atoms with E-state index in [1.54, 1.807) is 10.9 Å². The highest BCUT2D eigenvalue weighted by atomic mass is 35.5. The Bertz CT molecular complexity index is 473. The molecule has 0 aliphatic carbocycles. The lowest BCUT2D eigenvalue weighted by molar-refractivity contribution is 0.769. The van der Waals surface area contributed by atoms with Crippen molar-refractivity contribution in [1.29, 1.82) is 0 Å². The van der Waals surface area contributed by atoms with Crippen LogP contribution < -0.4 is 5.32 Å². The van der Waals surface area contributed by atoms with E-state index in [1.165, 1.54) is 0 Å². The second kappa shape index (κ2) is 4.76. The summed E-state index contributed by atoms with van der Waals surface area (Å²) < 4.78 is 1.75. The summed E-state index contributed by atoms with van der Waals surface area (Å²) in [6, 6.07) is 7.38. The molecule has 16 heavy (non-hydrogen) atoms. The van der Waals surface area contributed by atoms with E-state index in [0.717, 1.165) is 11.4 Å². The number of hydrogen-bond donors (Lipinski definition) is 1. The Morgan fingerprint density at radius 3 is 2.50 bits per heavy atom. The van der Waals surface area contributed by atoms with Crippen LogP contribution in [-0.4, -0.2) is 9.78 Å². The van der Waals surface area contributed by atoms with Crippen LogP contribution in [0.1, 0.15) is 5.56 Å². The molecular weight excluding hydrogens is 245 g/mol. The zero-order valence-corrected chi connectivity index (χ0v) is 10.3. The van der Waals surface area contributed by atoms with Gasteiger partial charge in [-0.1, -0.05) is 29.3 Å². The molecule has 0 bridgehead atoms. The maximum atomic E-state index is 6.06. The van der Waals surface area contributed by atoms with Crippen LogP contribution in [0, 0.1) is 0 Å². The van der Waals surface area contributed by atoms with E-state index in [1.807, 2.05) is 31.3 Å². The average Bonchev–Trinajstić information content (AvgIpc) is 2.64. The summed E-state index contributed by atoms with van der Waals surface area (Å²) in [5.41, 5.74) is 0.895. The Morgan fingerprint density at radius 1 is 1.25 bits per heavy atom. The van der Waals surface area contributed by atoms with Crippen molar-refractivity contribution < 1.29 is 0 Å². The van der Waals surface area contributed by atoms with Crippen LogP contribution in [0.3, 0.4) is 0 Å². The van der Waals surface area contributed by atoms with Crippen LogP contribution in [0.5, 0.6) is 0 Å². The van der Waals surface area contributed by atoms with E-state index in [4.69, 9.17) is 23.2 Å². The topological polar surface area (TPSA) is 29.9 Å². The Labute approximate surface area is 104 Å². The highest BCUT2D eigenvalue weighted by molar-refractivity contribution is 6.36. The van der Waals surface area contributed by atoms with Gasteiger partial charge in [0, 0.05) is 35.3 Å². The number of halogens is 2. The number of aromatic nitrogens is 2. The van der Waals surface area contributed by atoms with Crippen LogP contribution >= 0.6 is 23.2 Å². The largest absolute Gasteiger partial charge is 0.366 e. The fourth-order valence-electron chi connectivity index (χ4n) is 1.43. The molecule has 2 rings (SSSR count). The SMILES string of the molecule is Cn1nccc1NCc1c(Cl)cccc1Cl. The normalized spacial score (nSPS) is 10.4. The van der Waals surface area contributed by atoms with Gasteiger partial charge in [-0.2, -0.15) is 5.10 Å². The van der Waals surface area contributed by atoms with E-state index in [9.17, 15) is 0 Å². The number of benzene rings is 1. The molecule has 1 aromatic carbocycles. The summed E-state index contributed by atoms with van der Waals surface area (Å²) in [5, 5.41) is 8.62. The number of aryl methyl sites for hydroxylation is 1. The van der Waals surface area contributed by atoms with Gasteiger partial charge in [0.25, 0.3) is 0 Å². The fraction of sp³-hybridized carbons (Fsp3) is 0.182. The van der Waals surface area contributed by atoms with Gasteiger partial charge >= 0.3 is 0 Å². The summed E-state index contributed by atoms with van der Waals surface area (Å²) in [5.74, 6) is 0.927. The molecule has 0 spiro atoms. The lowest BCUT2D eigenvalue weighted by atomic mass is 10.2. The summed E-state index contributed by atoms with van der Waals surface area (Å²) in [6.07, 6.45) is 1.73. The first-order valence-electron chi connectivity index (χ1n) is 4.83. The van der Waals surface area contributed by atoms with Crippen LogP contribution in [0.2, 0.25) is 10.0 Å². The molecule has 3 nitrogen and oxygen atoms in total. The number of nitrogens with one attached hydrogen (secondary N) is 1. The molecule has 0 fully saturated rings. The molecule has 5 heteroatoms. The predicted octanol–water partition coefficient (Wildman–Crippen LogP) is 3.34. The van der Waals surface area contributed by atoms with Gasteiger partial charge in [-0.3, -0.25) is 4.68 Å². The molecule has 0 unspecified atom stereocenters. The van der Waals surface area contributed by atoms with Crippen LogP contribution in [0.4, 0.5) is 5.82 Å². The standard InChI is InChI=1S/C11H11Cl2N3/c1-16-11(5-6-15-16)14-7-8-9(12)3-2-4-10(8)13/h2-6,14H,7H2,1H3. The van der Waals surface area contributed by atoms with Crippen molar-refractivity contribution in [1.82, 2.24) is 9.78 Å². The van der Waals surface area contributed by atoms with Gasteiger partial charge in [0.05, 0.1) is 6.20 Å². The Balaban J connectivity index is 2.14. The van der Waals surface area contributed by atoms with Crippen molar-refractivity contribution in [2.45, 2.75) is 6.54 Å². The van der Waals surface area contributed by atoms with Gasteiger partial charge < -0.3 is 5.32 Å². The lowest BCUT2D eigenvalue weighted by Gasteiger charge is -2.09. The van der Waals surface area contributed by atoms with Crippen LogP contribution in [0.25, 0.3) is 0 Å². The molecule has 2 aromatic rings. The highest BCUT2D eigenvalue weighted by Gasteiger charge is 2.05. The van der Waals surface area contributed by atoms with Crippen molar-refractivity contribution in [2.75, 3.05) is 5.32 Å². The molecule has 0 saturated carbocycles. The van der Waals surface area contributed by atoms with E-state index < -0.39 is 0 Å². The quantitative estimate of drug-likeness (QED) is 0.912. The molecule has 1 N–H and O–H groups in total. The Kier molecular flexibility index (Phi) is 3.36. The third-order valence-electron chi connectivity index (χ3n) is 2.33. The summed E-state index contributed by atoms with van der Waals surface area (Å²) in [6.45, 7) is 0.581. The molecule has 0 atom stereocenters. The molecule has 0 amide bonds. The van der Waals surface area contributed by atoms with E-state index in [0.29, 0.717) is 16.6 Å². The summed E-state index contributed by atoms with van der Waals surface area (Å²) in [4.78, 5) is 0. The maximum Gasteiger partial charge on any atom is 0.124 e. The summed E-state index contributed by atoms with van der Waals surface area (Å²) >= 11 is 12.1. The van der Waals surface area contributed by atoms with Gasteiger partial charge in [0.15, 0.2) is 0 Å². The third-order valence-corrected chi connectivity index (χ3v) is 3.04. The fourth-order valence-corrected chi connectivity index (χ4v) is 1.96. The van der Waals surface area contributed by atoms with Crippen molar-refractivity contribution >= 4 is 29.0 Å². The molecule has 0 radical (unpaired) electrons. The molecule has 84 valence electrons. The number of anilines is 1. The van der Waals surface area contributed by atoms with E-state index in [-0.39, 0.29) is 0 Å². The number of rotatable bonds is 3. The van der Waals surface area contributed by atoms with Crippen molar-refractivity contribution in [3.8, 4) is 0 Å². The second-order valence-electron chi connectivity index (χ2n) is 3.39. The molecule has 0 saturated heterocycles. The zero-order chi connectivity index (χ0) is 11.5. The smallest absolute Gasteiger partial charge is 0.124 e. The van der Waals surface area contributed by atoms with Crippen molar-refractivity contribution in [3.63, 3.8) is 0 Å². The minimum atomic E-state index is 0.581. The van der Waals surface area contributed by atoms with Gasteiger partial charge in [0.1, 0.15) is 5.82 Å². The Hall–Kier alpha value is -1.19.